The third-order valence-corrected chi connectivity index (χ3v) is 3.09. The summed E-state index contributed by atoms with van der Waals surface area (Å²) in [6.07, 6.45) is 1.65. The number of halogens is 1. The van der Waals surface area contributed by atoms with Crippen LogP contribution < -0.4 is 5.32 Å². The van der Waals surface area contributed by atoms with E-state index in [1.807, 2.05) is 0 Å². The molecule has 1 heterocycles. The molecule has 0 bridgehead atoms. The van der Waals surface area contributed by atoms with Gasteiger partial charge in [0, 0.05) is 23.4 Å². The summed E-state index contributed by atoms with van der Waals surface area (Å²) in [6, 6.07) is 6.13. The van der Waals surface area contributed by atoms with Gasteiger partial charge in [-0.3, -0.25) is 9.48 Å². The van der Waals surface area contributed by atoms with E-state index in [4.69, 9.17) is 5.11 Å². The fourth-order valence-corrected chi connectivity index (χ4v) is 1.91. The van der Waals surface area contributed by atoms with Crippen LogP contribution >= 0.6 is 15.9 Å². The summed E-state index contributed by atoms with van der Waals surface area (Å²) < 4.78 is 1.97. The summed E-state index contributed by atoms with van der Waals surface area (Å²) in [6.45, 7) is 0. The molecule has 98 valence electrons. The molecule has 0 saturated carbocycles. The van der Waals surface area contributed by atoms with Crippen LogP contribution in [0.4, 0.5) is 5.69 Å². The zero-order chi connectivity index (χ0) is 14.0. The van der Waals surface area contributed by atoms with Crippen LogP contribution in [0.2, 0.25) is 0 Å². The molecule has 1 aromatic heterocycles. The van der Waals surface area contributed by atoms with Gasteiger partial charge < -0.3 is 10.4 Å². The lowest BCUT2D eigenvalue weighted by atomic mass is 10.2. The Morgan fingerprint density at radius 2 is 2.11 bits per heavy atom. The minimum atomic E-state index is -1.07. The quantitative estimate of drug-likeness (QED) is 0.906. The number of amides is 1. The first-order valence-electron chi connectivity index (χ1n) is 5.31. The Hall–Kier alpha value is -2.15. The molecular formula is C12H10BrN3O3. The average molecular weight is 324 g/mol. The van der Waals surface area contributed by atoms with Gasteiger partial charge in [-0.15, -0.1) is 0 Å². The third kappa shape index (κ3) is 3.00. The summed E-state index contributed by atoms with van der Waals surface area (Å²) in [4.78, 5) is 22.8. The first kappa shape index (κ1) is 13.3. The van der Waals surface area contributed by atoms with Crippen molar-refractivity contribution in [3.05, 3.63) is 46.2 Å². The van der Waals surface area contributed by atoms with Crippen molar-refractivity contribution in [2.45, 2.75) is 0 Å². The molecule has 0 atom stereocenters. The molecule has 0 aliphatic heterocycles. The Kier molecular flexibility index (Phi) is 3.66. The normalized spacial score (nSPS) is 10.2. The van der Waals surface area contributed by atoms with Crippen molar-refractivity contribution in [3.63, 3.8) is 0 Å². The number of nitrogens with one attached hydrogen (secondary N) is 1. The molecule has 0 saturated heterocycles. The Morgan fingerprint density at radius 1 is 1.37 bits per heavy atom. The van der Waals surface area contributed by atoms with Crippen LogP contribution in [0.25, 0.3) is 0 Å². The van der Waals surface area contributed by atoms with Crippen molar-refractivity contribution in [2.24, 2.45) is 7.05 Å². The van der Waals surface area contributed by atoms with Crippen LogP contribution in [0.15, 0.2) is 34.9 Å². The topological polar surface area (TPSA) is 84.2 Å². The number of aromatic nitrogens is 2. The highest BCUT2D eigenvalue weighted by Crippen LogP contribution is 2.21. The van der Waals surface area contributed by atoms with E-state index in [9.17, 15) is 9.59 Å². The molecule has 7 heteroatoms. The van der Waals surface area contributed by atoms with Crippen molar-refractivity contribution < 1.29 is 14.7 Å². The van der Waals surface area contributed by atoms with Crippen LogP contribution in [-0.2, 0) is 7.05 Å². The van der Waals surface area contributed by atoms with Gasteiger partial charge in [0.05, 0.1) is 5.56 Å². The molecule has 19 heavy (non-hydrogen) atoms. The van der Waals surface area contributed by atoms with Crippen molar-refractivity contribution in [1.29, 1.82) is 0 Å². The predicted octanol–water partition coefficient (Wildman–Crippen LogP) is 2.13. The molecule has 0 spiro atoms. The van der Waals surface area contributed by atoms with E-state index in [1.54, 1.807) is 31.4 Å². The molecule has 2 aromatic rings. The second-order valence-corrected chi connectivity index (χ2v) is 4.68. The molecule has 1 amide bonds. The zero-order valence-electron chi connectivity index (χ0n) is 9.92. The largest absolute Gasteiger partial charge is 0.478 e. The van der Waals surface area contributed by atoms with Gasteiger partial charge in [0.1, 0.15) is 0 Å². The standard InChI is InChI=1S/C12H10BrN3O3/c1-16-5-4-10(15-16)11(17)14-7-2-3-9(13)8(6-7)12(18)19/h2-6H,1H3,(H,14,17)(H,18,19). The third-order valence-electron chi connectivity index (χ3n) is 2.40. The van der Waals surface area contributed by atoms with E-state index in [0.29, 0.717) is 10.2 Å². The summed E-state index contributed by atoms with van der Waals surface area (Å²) in [7, 11) is 1.71. The maximum Gasteiger partial charge on any atom is 0.336 e. The molecule has 2 rings (SSSR count). The van der Waals surface area contributed by atoms with E-state index in [2.05, 4.69) is 26.3 Å². The molecule has 0 aliphatic carbocycles. The maximum atomic E-state index is 11.8. The van der Waals surface area contributed by atoms with Crippen molar-refractivity contribution in [2.75, 3.05) is 5.32 Å². The SMILES string of the molecule is Cn1ccc(C(=O)Nc2ccc(Br)c(C(=O)O)c2)n1. The molecule has 6 nitrogen and oxygen atoms in total. The second kappa shape index (κ2) is 5.23. The molecular weight excluding hydrogens is 314 g/mol. The van der Waals surface area contributed by atoms with Gasteiger partial charge in [-0.05, 0) is 40.2 Å². The van der Waals surface area contributed by atoms with E-state index in [1.165, 1.54) is 10.7 Å². The fourth-order valence-electron chi connectivity index (χ4n) is 1.50. The minimum Gasteiger partial charge on any atom is -0.478 e. The number of hydrogen-bond acceptors (Lipinski definition) is 3. The lowest BCUT2D eigenvalue weighted by Crippen LogP contribution is -2.13. The minimum absolute atomic E-state index is 0.0822. The zero-order valence-corrected chi connectivity index (χ0v) is 11.5. The maximum absolute atomic E-state index is 11.8. The van der Waals surface area contributed by atoms with Gasteiger partial charge >= 0.3 is 5.97 Å². The van der Waals surface area contributed by atoms with Crippen molar-refractivity contribution in [1.82, 2.24) is 9.78 Å². The highest BCUT2D eigenvalue weighted by atomic mass is 79.9. The number of nitrogens with zero attached hydrogens (tertiary/aromatic N) is 2. The van der Waals surface area contributed by atoms with E-state index in [-0.39, 0.29) is 17.2 Å². The summed E-state index contributed by atoms with van der Waals surface area (Å²) >= 11 is 3.14. The van der Waals surface area contributed by atoms with E-state index < -0.39 is 5.97 Å². The van der Waals surface area contributed by atoms with Crippen LogP contribution in [0.3, 0.4) is 0 Å². The van der Waals surface area contributed by atoms with Gasteiger partial charge in [-0.1, -0.05) is 0 Å². The van der Waals surface area contributed by atoms with Gasteiger partial charge in [0.2, 0.25) is 0 Å². The van der Waals surface area contributed by atoms with Gasteiger partial charge in [-0.2, -0.15) is 5.10 Å². The lowest BCUT2D eigenvalue weighted by Gasteiger charge is -2.05. The fraction of sp³-hybridized carbons (Fsp3) is 0.0833. The number of carbonyl (C=O) groups is 2. The van der Waals surface area contributed by atoms with Crippen LogP contribution in [0.1, 0.15) is 20.8 Å². The molecule has 1 aromatic carbocycles. The van der Waals surface area contributed by atoms with E-state index >= 15 is 0 Å². The summed E-state index contributed by atoms with van der Waals surface area (Å²) in [5.41, 5.74) is 0.748. The molecule has 0 fully saturated rings. The monoisotopic (exact) mass is 323 g/mol. The summed E-state index contributed by atoms with van der Waals surface area (Å²) in [5, 5.41) is 15.5. The first-order valence-corrected chi connectivity index (χ1v) is 6.10. The van der Waals surface area contributed by atoms with Crippen LogP contribution in [0, 0.1) is 0 Å². The Labute approximate surface area is 117 Å². The van der Waals surface area contributed by atoms with Crippen molar-refractivity contribution in [3.8, 4) is 0 Å². The van der Waals surface area contributed by atoms with Crippen LogP contribution in [-0.4, -0.2) is 26.8 Å². The number of benzene rings is 1. The Balaban J connectivity index is 2.22. The molecule has 2 N–H and O–H groups in total. The Bertz CT molecular complexity index is 651. The lowest BCUT2D eigenvalue weighted by molar-refractivity contribution is 0.0695. The highest BCUT2D eigenvalue weighted by molar-refractivity contribution is 9.10. The number of anilines is 1. The smallest absolute Gasteiger partial charge is 0.336 e. The van der Waals surface area contributed by atoms with Gasteiger partial charge in [-0.25, -0.2) is 4.79 Å². The average Bonchev–Trinajstić information content (AvgIpc) is 2.78. The Morgan fingerprint density at radius 3 is 2.68 bits per heavy atom. The number of hydrogen-bond donors (Lipinski definition) is 2. The highest BCUT2D eigenvalue weighted by Gasteiger charge is 2.12. The summed E-state index contributed by atoms with van der Waals surface area (Å²) in [5.74, 6) is -1.46. The number of carboxylic acid groups (broad SMARTS) is 1. The molecule has 0 unspecified atom stereocenters. The predicted molar refractivity (Wildman–Crippen MR) is 72.3 cm³/mol. The first-order chi connectivity index (χ1) is 8.97. The van der Waals surface area contributed by atoms with E-state index in [0.717, 1.165) is 0 Å². The van der Waals surface area contributed by atoms with Crippen molar-refractivity contribution >= 4 is 33.5 Å². The van der Waals surface area contributed by atoms with Gasteiger partial charge in [0.25, 0.3) is 5.91 Å². The number of carboxylic acids is 1. The second-order valence-electron chi connectivity index (χ2n) is 3.83. The van der Waals surface area contributed by atoms with Gasteiger partial charge in [0.15, 0.2) is 5.69 Å². The molecule has 0 aliphatic rings. The number of rotatable bonds is 3. The number of carbonyl (C=O) groups excluding carboxylic acids is 1. The number of aromatic carboxylic acids is 1. The molecule has 0 radical (unpaired) electrons. The van der Waals surface area contributed by atoms with Crippen LogP contribution in [0.5, 0.6) is 0 Å². The number of aryl methyl sites for hydroxylation is 1.